The van der Waals surface area contributed by atoms with Gasteiger partial charge in [0.1, 0.15) is 0 Å². The fourth-order valence-corrected chi connectivity index (χ4v) is 3.24. The first-order chi connectivity index (χ1) is 17.1. The number of hydrogen-bond acceptors (Lipinski definition) is 7. The highest BCUT2D eigenvalue weighted by molar-refractivity contribution is 6.06. The molecule has 4 aromatic rings. The van der Waals surface area contributed by atoms with E-state index in [-0.39, 0.29) is 11.9 Å². The number of nitrogens with one attached hydrogen (secondary N) is 2. The molecule has 0 aliphatic carbocycles. The summed E-state index contributed by atoms with van der Waals surface area (Å²) in [5.41, 5.74) is 2.07. The van der Waals surface area contributed by atoms with Crippen molar-refractivity contribution in [1.82, 2.24) is 10.2 Å². The van der Waals surface area contributed by atoms with Gasteiger partial charge in [0.25, 0.3) is 11.8 Å². The smallest absolute Gasteiger partial charge is 0.322 e. The average molecular weight is 473 g/mol. The number of ether oxygens (including phenoxy) is 2. The van der Waals surface area contributed by atoms with E-state index in [9.17, 15) is 9.59 Å². The second kappa shape index (κ2) is 11.0. The molecule has 0 saturated heterocycles. The van der Waals surface area contributed by atoms with Crippen LogP contribution in [0.3, 0.4) is 0 Å². The van der Waals surface area contributed by atoms with Crippen LogP contribution in [0.25, 0.3) is 11.5 Å². The largest absolute Gasteiger partial charge is 0.490 e. The van der Waals surface area contributed by atoms with Gasteiger partial charge in [-0.1, -0.05) is 23.3 Å². The minimum atomic E-state index is -0.418. The quantitative estimate of drug-likeness (QED) is 0.351. The second-order valence-electron chi connectivity index (χ2n) is 7.29. The number of anilines is 2. The van der Waals surface area contributed by atoms with Crippen molar-refractivity contribution < 1.29 is 23.5 Å². The predicted octanol–water partition coefficient (Wildman–Crippen LogP) is 5.04. The van der Waals surface area contributed by atoms with Crippen LogP contribution < -0.4 is 20.1 Å². The van der Waals surface area contributed by atoms with Crippen molar-refractivity contribution in [2.24, 2.45) is 0 Å². The molecule has 0 spiro atoms. The lowest BCUT2D eigenvalue weighted by molar-refractivity contribution is 0.101. The molecule has 0 aliphatic heterocycles. The van der Waals surface area contributed by atoms with Gasteiger partial charge in [-0.05, 0) is 68.4 Å². The standard InChI is InChI=1S/C26H24N4O5/c1-3-33-21-15-12-19(16-22(21)34-4-2)24(32)27-20-13-10-17(11-14-20)23(31)28-26-30-29-25(35-26)18-8-6-5-7-9-18/h5-16H,3-4H2,1-2H3,(H,27,32)(H,28,30,31). The Kier molecular flexibility index (Phi) is 7.37. The molecule has 35 heavy (non-hydrogen) atoms. The Bertz CT molecular complexity index is 1300. The van der Waals surface area contributed by atoms with Crippen molar-refractivity contribution in [2.75, 3.05) is 23.8 Å². The van der Waals surface area contributed by atoms with Gasteiger partial charge in [-0.2, -0.15) is 0 Å². The van der Waals surface area contributed by atoms with Crippen molar-refractivity contribution in [3.8, 4) is 23.0 Å². The van der Waals surface area contributed by atoms with Crippen molar-refractivity contribution in [3.63, 3.8) is 0 Å². The molecule has 2 amide bonds. The molecule has 0 bridgehead atoms. The molecule has 1 aromatic heterocycles. The van der Waals surface area contributed by atoms with Gasteiger partial charge in [0.2, 0.25) is 5.89 Å². The summed E-state index contributed by atoms with van der Waals surface area (Å²) in [6.45, 7) is 4.68. The number of carbonyl (C=O) groups is 2. The van der Waals surface area contributed by atoms with E-state index >= 15 is 0 Å². The van der Waals surface area contributed by atoms with E-state index in [1.807, 2.05) is 44.2 Å². The molecular formula is C26H24N4O5. The normalized spacial score (nSPS) is 10.5. The van der Waals surface area contributed by atoms with Gasteiger partial charge in [-0.25, -0.2) is 0 Å². The number of rotatable bonds is 9. The first kappa shape index (κ1) is 23.5. The van der Waals surface area contributed by atoms with Crippen LogP contribution >= 0.6 is 0 Å². The second-order valence-corrected chi connectivity index (χ2v) is 7.29. The lowest BCUT2D eigenvalue weighted by Crippen LogP contribution is -2.14. The molecule has 0 atom stereocenters. The average Bonchev–Trinajstić information content (AvgIpc) is 3.35. The highest BCUT2D eigenvalue weighted by Gasteiger charge is 2.14. The van der Waals surface area contributed by atoms with E-state index in [2.05, 4.69) is 20.8 Å². The molecule has 1 heterocycles. The van der Waals surface area contributed by atoms with E-state index in [0.29, 0.717) is 47.4 Å². The van der Waals surface area contributed by atoms with E-state index in [1.165, 1.54) is 0 Å². The van der Waals surface area contributed by atoms with Crippen LogP contribution in [0.5, 0.6) is 11.5 Å². The van der Waals surface area contributed by atoms with Crippen LogP contribution in [-0.2, 0) is 0 Å². The summed E-state index contributed by atoms with van der Waals surface area (Å²) in [6, 6.07) is 20.7. The Labute approximate surface area is 202 Å². The van der Waals surface area contributed by atoms with Gasteiger partial charge in [0.15, 0.2) is 11.5 Å². The van der Waals surface area contributed by atoms with Gasteiger partial charge in [-0.3, -0.25) is 14.9 Å². The van der Waals surface area contributed by atoms with Crippen molar-refractivity contribution in [2.45, 2.75) is 13.8 Å². The van der Waals surface area contributed by atoms with E-state index < -0.39 is 5.91 Å². The zero-order valence-corrected chi connectivity index (χ0v) is 19.3. The summed E-state index contributed by atoms with van der Waals surface area (Å²) in [6.07, 6.45) is 0. The van der Waals surface area contributed by atoms with E-state index in [0.717, 1.165) is 5.56 Å². The zero-order valence-electron chi connectivity index (χ0n) is 19.3. The monoisotopic (exact) mass is 472 g/mol. The Morgan fingerprint density at radius 1 is 0.771 bits per heavy atom. The molecular weight excluding hydrogens is 448 g/mol. The fourth-order valence-electron chi connectivity index (χ4n) is 3.24. The van der Waals surface area contributed by atoms with Crippen LogP contribution in [0.15, 0.2) is 77.2 Å². The topological polar surface area (TPSA) is 116 Å². The van der Waals surface area contributed by atoms with Crippen LogP contribution in [-0.4, -0.2) is 35.2 Å². The lowest BCUT2D eigenvalue weighted by Gasteiger charge is -2.12. The molecule has 0 saturated carbocycles. The number of benzene rings is 3. The van der Waals surface area contributed by atoms with Crippen LogP contribution in [0.2, 0.25) is 0 Å². The third-order valence-electron chi connectivity index (χ3n) is 4.88. The number of amides is 2. The number of hydrogen-bond donors (Lipinski definition) is 2. The molecule has 3 aromatic carbocycles. The zero-order chi connectivity index (χ0) is 24.6. The molecule has 0 aliphatic rings. The summed E-state index contributed by atoms with van der Waals surface area (Å²) in [7, 11) is 0. The Balaban J connectivity index is 1.39. The van der Waals surface area contributed by atoms with E-state index in [1.54, 1.807) is 42.5 Å². The van der Waals surface area contributed by atoms with Gasteiger partial charge in [0.05, 0.1) is 13.2 Å². The number of carbonyl (C=O) groups excluding carboxylic acids is 2. The molecule has 0 radical (unpaired) electrons. The Morgan fingerprint density at radius 3 is 2.14 bits per heavy atom. The molecule has 178 valence electrons. The Morgan fingerprint density at radius 2 is 1.43 bits per heavy atom. The van der Waals surface area contributed by atoms with Crippen LogP contribution in [0.4, 0.5) is 11.7 Å². The molecule has 9 heteroatoms. The third kappa shape index (κ3) is 5.83. The third-order valence-corrected chi connectivity index (χ3v) is 4.88. The predicted molar refractivity (Wildman–Crippen MR) is 131 cm³/mol. The first-order valence-corrected chi connectivity index (χ1v) is 11.1. The minimum absolute atomic E-state index is 0.00756. The van der Waals surface area contributed by atoms with Gasteiger partial charge >= 0.3 is 6.01 Å². The highest BCUT2D eigenvalue weighted by atomic mass is 16.5. The van der Waals surface area contributed by atoms with Crippen LogP contribution in [0.1, 0.15) is 34.6 Å². The molecule has 0 unspecified atom stereocenters. The molecule has 2 N–H and O–H groups in total. The molecule has 4 rings (SSSR count). The van der Waals surface area contributed by atoms with Crippen LogP contribution in [0, 0.1) is 0 Å². The molecule has 0 fully saturated rings. The van der Waals surface area contributed by atoms with Crippen molar-refractivity contribution in [3.05, 3.63) is 83.9 Å². The first-order valence-electron chi connectivity index (χ1n) is 11.1. The number of nitrogens with zero attached hydrogens (tertiary/aromatic N) is 2. The SMILES string of the molecule is CCOc1ccc(C(=O)Nc2ccc(C(=O)Nc3nnc(-c4ccccc4)o3)cc2)cc1OCC. The van der Waals surface area contributed by atoms with Crippen molar-refractivity contribution >= 4 is 23.5 Å². The summed E-state index contributed by atoms with van der Waals surface area (Å²) in [5.74, 6) is 0.661. The summed E-state index contributed by atoms with van der Waals surface area (Å²) >= 11 is 0. The van der Waals surface area contributed by atoms with Crippen molar-refractivity contribution in [1.29, 1.82) is 0 Å². The summed E-state index contributed by atoms with van der Waals surface area (Å²) in [4.78, 5) is 25.3. The van der Waals surface area contributed by atoms with E-state index in [4.69, 9.17) is 13.9 Å². The Hall–Kier alpha value is -4.66. The maximum absolute atomic E-state index is 12.7. The maximum Gasteiger partial charge on any atom is 0.322 e. The lowest BCUT2D eigenvalue weighted by atomic mass is 10.1. The van der Waals surface area contributed by atoms with Gasteiger partial charge in [0, 0.05) is 22.4 Å². The summed E-state index contributed by atoms with van der Waals surface area (Å²) < 4.78 is 16.6. The number of aromatic nitrogens is 2. The fraction of sp³-hybridized carbons (Fsp3) is 0.154. The molecule has 9 nitrogen and oxygen atoms in total. The highest BCUT2D eigenvalue weighted by Crippen LogP contribution is 2.29. The minimum Gasteiger partial charge on any atom is -0.490 e. The van der Waals surface area contributed by atoms with Gasteiger partial charge in [-0.15, -0.1) is 5.10 Å². The maximum atomic E-state index is 12.7. The van der Waals surface area contributed by atoms with Gasteiger partial charge < -0.3 is 19.2 Å². The summed E-state index contributed by atoms with van der Waals surface area (Å²) in [5, 5.41) is 13.2.